The summed E-state index contributed by atoms with van der Waals surface area (Å²) >= 11 is 0. The van der Waals surface area contributed by atoms with Crippen LogP contribution < -0.4 is 5.32 Å². The molecule has 0 spiro atoms. The van der Waals surface area contributed by atoms with Gasteiger partial charge in [0, 0.05) is 13.1 Å². The number of carboxylic acid groups (broad SMARTS) is 1. The van der Waals surface area contributed by atoms with Crippen LogP contribution in [0.3, 0.4) is 0 Å². The largest absolute Gasteiger partial charge is 0.478 e. The van der Waals surface area contributed by atoms with Gasteiger partial charge < -0.3 is 19.7 Å². The Morgan fingerprint density at radius 3 is 2.89 bits per heavy atom. The Labute approximate surface area is 113 Å². The average Bonchev–Trinajstić information content (AvgIpc) is 2.86. The van der Waals surface area contributed by atoms with E-state index in [1.165, 1.54) is 32.2 Å². The molecule has 2 heterocycles. The zero-order chi connectivity index (χ0) is 13.7. The van der Waals surface area contributed by atoms with Crippen molar-refractivity contribution in [2.75, 3.05) is 26.2 Å². The van der Waals surface area contributed by atoms with Gasteiger partial charge in [0.05, 0.1) is 12.1 Å². The zero-order valence-corrected chi connectivity index (χ0v) is 11.4. The van der Waals surface area contributed by atoms with Gasteiger partial charge in [-0.25, -0.2) is 4.79 Å². The number of likely N-dealkylation sites (tertiary alicyclic amines) is 1. The van der Waals surface area contributed by atoms with Crippen molar-refractivity contribution < 1.29 is 14.3 Å². The third-order valence-electron chi connectivity index (χ3n) is 3.68. The van der Waals surface area contributed by atoms with E-state index < -0.39 is 5.97 Å². The van der Waals surface area contributed by atoms with E-state index in [-0.39, 0.29) is 5.56 Å². The molecule has 0 aliphatic carbocycles. The second-order valence-corrected chi connectivity index (χ2v) is 5.31. The predicted octanol–water partition coefficient (Wildman–Crippen LogP) is 1.80. The highest BCUT2D eigenvalue weighted by molar-refractivity contribution is 5.87. The fourth-order valence-electron chi connectivity index (χ4n) is 2.32. The molecule has 1 fully saturated rings. The van der Waals surface area contributed by atoms with Crippen LogP contribution in [0, 0.1) is 5.92 Å². The normalized spacial score (nSPS) is 17.7. The SMILES string of the molecule is CC1CCN(CCNCc2cc(C(=O)O)co2)CC1. The number of piperidine rings is 1. The summed E-state index contributed by atoms with van der Waals surface area (Å²) in [4.78, 5) is 13.2. The lowest BCUT2D eigenvalue weighted by atomic mass is 9.99. The van der Waals surface area contributed by atoms with Gasteiger partial charge in [-0.1, -0.05) is 6.92 Å². The van der Waals surface area contributed by atoms with Gasteiger partial charge in [0.1, 0.15) is 12.0 Å². The van der Waals surface area contributed by atoms with Crippen molar-refractivity contribution in [1.29, 1.82) is 0 Å². The Morgan fingerprint density at radius 2 is 2.26 bits per heavy atom. The summed E-state index contributed by atoms with van der Waals surface area (Å²) in [6.07, 6.45) is 3.87. The standard InChI is InChI=1S/C14H22N2O3/c1-11-2-5-16(6-3-11)7-4-15-9-13-8-12(10-19-13)14(17)18/h8,10-11,15H,2-7,9H2,1H3,(H,17,18). The molecule has 0 amide bonds. The number of hydrogen-bond acceptors (Lipinski definition) is 4. The number of hydrogen-bond donors (Lipinski definition) is 2. The van der Waals surface area contributed by atoms with Crippen molar-refractivity contribution >= 4 is 5.97 Å². The molecule has 5 nitrogen and oxygen atoms in total. The van der Waals surface area contributed by atoms with Crippen molar-refractivity contribution in [3.8, 4) is 0 Å². The minimum atomic E-state index is -0.947. The highest BCUT2D eigenvalue weighted by Crippen LogP contribution is 2.15. The van der Waals surface area contributed by atoms with Crippen LogP contribution in [0.25, 0.3) is 0 Å². The van der Waals surface area contributed by atoms with E-state index >= 15 is 0 Å². The zero-order valence-electron chi connectivity index (χ0n) is 11.4. The lowest BCUT2D eigenvalue weighted by Crippen LogP contribution is -2.37. The molecule has 0 radical (unpaired) electrons. The summed E-state index contributed by atoms with van der Waals surface area (Å²) in [7, 11) is 0. The summed E-state index contributed by atoms with van der Waals surface area (Å²) in [5.41, 5.74) is 0.210. The Hall–Kier alpha value is -1.33. The highest BCUT2D eigenvalue weighted by Gasteiger charge is 2.14. The van der Waals surface area contributed by atoms with Gasteiger partial charge >= 0.3 is 5.97 Å². The van der Waals surface area contributed by atoms with Crippen LogP contribution in [0.15, 0.2) is 16.7 Å². The molecule has 19 heavy (non-hydrogen) atoms. The van der Waals surface area contributed by atoms with Gasteiger partial charge in [-0.3, -0.25) is 0 Å². The minimum absolute atomic E-state index is 0.210. The predicted molar refractivity (Wildman–Crippen MR) is 72.2 cm³/mol. The Morgan fingerprint density at radius 1 is 1.53 bits per heavy atom. The number of nitrogens with zero attached hydrogens (tertiary/aromatic N) is 1. The van der Waals surface area contributed by atoms with Crippen LogP contribution >= 0.6 is 0 Å². The maximum atomic E-state index is 10.7. The summed E-state index contributed by atoms with van der Waals surface area (Å²) in [6.45, 7) is 7.21. The highest BCUT2D eigenvalue weighted by atomic mass is 16.4. The van der Waals surface area contributed by atoms with E-state index in [1.807, 2.05) is 0 Å². The Bertz CT molecular complexity index is 409. The minimum Gasteiger partial charge on any atom is -0.478 e. The maximum Gasteiger partial charge on any atom is 0.338 e. The van der Waals surface area contributed by atoms with E-state index in [4.69, 9.17) is 9.52 Å². The van der Waals surface area contributed by atoms with E-state index in [2.05, 4.69) is 17.1 Å². The lowest BCUT2D eigenvalue weighted by Gasteiger charge is -2.30. The number of aromatic carboxylic acids is 1. The van der Waals surface area contributed by atoms with Crippen LogP contribution in [-0.4, -0.2) is 42.2 Å². The molecule has 1 aliphatic rings. The first-order valence-electron chi connectivity index (χ1n) is 6.89. The second kappa shape index (κ2) is 6.73. The Balaban J connectivity index is 1.62. The number of rotatable bonds is 6. The van der Waals surface area contributed by atoms with Crippen LogP contribution in [0.5, 0.6) is 0 Å². The average molecular weight is 266 g/mol. The number of furan rings is 1. The number of carbonyl (C=O) groups is 1. The molecule has 0 unspecified atom stereocenters. The third-order valence-corrected chi connectivity index (χ3v) is 3.68. The molecular weight excluding hydrogens is 244 g/mol. The molecule has 2 rings (SSSR count). The van der Waals surface area contributed by atoms with Crippen LogP contribution in [0.4, 0.5) is 0 Å². The van der Waals surface area contributed by atoms with Crippen LogP contribution in [-0.2, 0) is 6.54 Å². The van der Waals surface area contributed by atoms with Gasteiger partial charge in [-0.05, 0) is 37.9 Å². The van der Waals surface area contributed by atoms with E-state index in [0.717, 1.165) is 19.0 Å². The quantitative estimate of drug-likeness (QED) is 0.769. The molecule has 1 aromatic heterocycles. The fourth-order valence-corrected chi connectivity index (χ4v) is 2.32. The van der Waals surface area contributed by atoms with Crippen molar-refractivity contribution in [3.05, 3.63) is 23.7 Å². The molecule has 1 aliphatic heterocycles. The topological polar surface area (TPSA) is 65.7 Å². The summed E-state index contributed by atoms with van der Waals surface area (Å²) in [6, 6.07) is 1.57. The first-order valence-corrected chi connectivity index (χ1v) is 6.89. The van der Waals surface area contributed by atoms with Crippen molar-refractivity contribution in [1.82, 2.24) is 10.2 Å². The molecule has 0 atom stereocenters. The lowest BCUT2D eigenvalue weighted by molar-refractivity contribution is 0.0696. The summed E-state index contributed by atoms with van der Waals surface area (Å²) in [5.74, 6) is 0.587. The van der Waals surface area contributed by atoms with Gasteiger partial charge in [-0.15, -0.1) is 0 Å². The molecule has 1 aromatic rings. The molecule has 2 N–H and O–H groups in total. The molecular formula is C14H22N2O3. The van der Waals surface area contributed by atoms with Gasteiger partial charge in [0.15, 0.2) is 0 Å². The first kappa shape index (κ1) is 14.1. The van der Waals surface area contributed by atoms with Gasteiger partial charge in [0.2, 0.25) is 0 Å². The first-order chi connectivity index (χ1) is 9.15. The van der Waals surface area contributed by atoms with Crippen molar-refractivity contribution in [3.63, 3.8) is 0 Å². The maximum absolute atomic E-state index is 10.7. The van der Waals surface area contributed by atoms with Crippen molar-refractivity contribution in [2.24, 2.45) is 5.92 Å². The number of nitrogens with one attached hydrogen (secondary N) is 1. The molecule has 106 valence electrons. The van der Waals surface area contributed by atoms with Gasteiger partial charge in [0.25, 0.3) is 0 Å². The Kier molecular flexibility index (Phi) is 4.99. The van der Waals surface area contributed by atoms with Crippen LogP contribution in [0.2, 0.25) is 0 Å². The van der Waals surface area contributed by atoms with Crippen molar-refractivity contribution in [2.45, 2.75) is 26.3 Å². The second-order valence-electron chi connectivity index (χ2n) is 5.31. The monoisotopic (exact) mass is 266 g/mol. The molecule has 1 saturated heterocycles. The molecule has 0 bridgehead atoms. The molecule has 0 aromatic carbocycles. The van der Waals surface area contributed by atoms with E-state index in [9.17, 15) is 4.79 Å². The number of carboxylic acids is 1. The fraction of sp³-hybridized carbons (Fsp3) is 0.643. The third kappa shape index (κ3) is 4.36. The summed E-state index contributed by atoms with van der Waals surface area (Å²) in [5, 5.41) is 12.1. The van der Waals surface area contributed by atoms with E-state index in [1.54, 1.807) is 6.07 Å². The smallest absolute Gasteiger partial charge is 0.338 e. The molecule has 0 saturated carbocycles. The molecule has 5 heteroatoms. The summed E-state index contributed by atoms with van der Waals surface area (Å²) < 4.78 is 5.18. The van der Waals surface area contributed by atoms with E-state index in [0.29, 0.717) is 12.3 Å². The van der Waals surface area contributed by atoms with Gasteiger partial charge in [-0.2, -0.15) is 0 Å². The van der Waals surface area contributed by atoms with Crippen LogP contribution in [0.1, 0.15) is 35.9 Å².